The second-order valence-electron chi connectivity index (χ2n) is 6.09. The topological polar surface area (TPSA) is 35.6 Å². The Morgan fingerprint density at radius 3 is 2.45 bits per heavy atom. The van der Waals surface area contributed by atoms with Crippen LogP contribution in [0.1, 0.15) is 38.5 Å². The largest absolute Gasteiger partial charge is 0.341 e. The second-order valence-corrected chi connectivity index (χ2v) is 6.09. The van der Waals surface area contributed by atoms with E-state index in [-0.39, 0.29) is 18.3 Å². The number of piperidine rings is 1. The molecule has 118 valence electrons. The fourth-order valence-corrected chi connectivity index (χ4v) is 3.39. The molecule has 20 heavy (non-hydrogen) atoms. The van der Waals surface area contributed by atoms with Crippen LogP contribution in [0.15, 0.2) is 0 Å². The van der Waals surface area contributed by atoms with Gasteiger partial charge in [0.1, 0.15) is 0 Å². The lowest BCUT2D eigenvalue weighted by Crippen LogP contribution is -2.46. The van der Waals surface area contributed by atoms with Gasteiger partial charge in [0.2, 0.25) is 5.91 Å². The Labute approximate surface area is 129 Å². The van der Waals surface area contributed by atoms with Crippen molar-refractivity contribution in [3.05, 3.63) is 0 Å². The Kier molecular flexibility index (Phi) is 8.50. The van der Waals surface area contributed by atoms with E-state index in [0.717, 1.165) is 13.1 Å². The van der Waals surface area contributed by atoms with Crippen LogP contribution in [-0.4, -0.2) is 62.0 Å². The minimum atomic E-state index is 0. The fraction of sp³-hybridized carbons (Fsp3) is 0.933. The van der Waals surface area contributed by atoms with Gasteiger partial charge in [0.25, 0.3) is 0 Å². The molecule has 0 spiro atoms. The Morgan fingerprint density at radius 1 is 1.10 bits per heavy atom. The molecule has 0 aromatic heterocycles. The van der Waals surface area contributed by atoms with Gasteiger partial charge in [0.05, 0.1) is 6.54 Å². The van der Waals surface area contributed by atoms with E-state index < -0.39 is 0 Å². The minimum Gasteiger partial charge on any atom is -0.341 e. The number of likely N-dealkylation sites (N-methyl/N-ethyl adjacent to an activating group) is 1. The summed E-state index contributed by atoms with van der Waals surface area (Å²) >= 11 is 0. The third-order valence-corrected chi connectivity index (χ3v) is 4.41. The summed E-state index contributed by atoms with van der Waals surface area (Å²) in [5.74, 6) is 0.954. The van der Waals surface area contributed by atoms with Crippen molar-refractivity contribution in [2.45, 2.75) is 38.5 Å². The van der Waals surface area contributed by atoms with Crippen LogP contribution in [0.4, 0.5) is 0 Å². The van der Waals surface area contributed by atoms with Crippen LogP contribution in [0.2, 0.25) is 0 Å². The first-order valence-electron chi connectivity index (χ1n) is 7.94. The molecule has 0 aliphatic carbocycles. The van der Waals surface area contributed by atoms with E-state index in [1.807, 2.05) is 7.05 Å². The second kappa shape index (κ2) is 9.59. The van der Waals surface area contributed by atoms with Crippen molar-refractivity contribution in [2.24, 2.45) is 5.92 Å². The van der Waals surface area contributed by atoms with Gasteiger partial charge in [-0.1, -0.05) is 12.8 Å². The molecular formula is C15H30ClN3O. The molecule has 0 aromatic rings. The van der Waals surface area contributed by atoms with Gasteiger partial charge in [-0.15, -0.1) is 12.4 Å². The normalized spacial score (nSPS) is 24.9. The lowest BCUT2D eigenvalue weighted by Gasteiger charge is -2.35. The summed E-state index contributed by atoms with van der Waals surface area (Å²) in [5.41, 5.74) is 0. The Balaban J connectivity index is 0.00000200. The molecule has 0 aromatic carbocycles. The molecule has 2 saturated heterocycles. The van der Waals surface area contributed by atoms with E-state index >= 15 is 0 Å². The predicted molar refractivity (Wildman–Crippen MR) is 85.4 cm³/mol. The first-order chi connectivity index (χ1) is 9.29. The van der Waals surface area contributed by atoms with Crippen LogP contribution in [0, 0.1) is 5.92 Å². The van der Waals surface area contributed by atoms with Gasteiger partial charge in [0.15, 0.2) is 0 Å². The zero-order valence-corrected chi connectivity index (χ0v) is 13.6. The molecule has 0 bridgehead atoms. The number of hydrogen-bond acceptors (Lipinski definition) is 3. The number of rotatable bonds is 4. The van der Waals surface area contributed by atoms with E-state index in [1.165, 1.54) is 58.2 Å². The third-order valence-electron chi connectivity index (χ3n) is 4.41. The van der Waals surface area contributed by atoms with Crippen LogP contribution in [0.25, 0.3) is 0 Å². The summed E-state index contributed by atoms with van der Waals surface area (Å²) in [6.07, 6.45) is 7.97. The molecule has 1 unspecified atom stereocenters. The highest BCUT2D eigenvalue weighted by molar-refractivity contribution is 5.85. The number of halogens is 1. The van der Waals surface area contributed by atoms with E-state index in [0.29, 0.717) is 12.5 Å². The van der Waals surface area contributed by atoms with Gasteiger partial charge in [-0.3, -0.25) is 4.79 Å². The lowest BCUT2D eigenvalue weighted by atomic mass is 9.97. The van der Waals surface area contributed by atoms with Crippen LogP contribution in [0.3, 0.4) is 0 Å². The van der Waals surface area contributed by atoms with Crippen LogP contribution < -0.4 is 5.32 Å². The lowest BCUT2D eigenvalue weighted by molar-refractivity contribution is -0.132. The number of likely N-dealkylation sites (tertiary alicyclic amines) is 2. The number of carbonyl (C=O) groups is 1. The molecule has 1 N–H and O–H groups in total. The minimum absolute atomic E-state index is 0. The van der Waals surface area contributed by atoms with Gasteiger partial charge < -0.3 is 15.1 Å². The summed E-state index contributed by atoms with van der Waals surface area (Å²) in [6.45, 7) is 6.13. The van der Waals surface area contributed by atoms with Crippen molar-refractivity contribution >= 4 is 18.3 Å². The van der Waals surface area contributed by atoms with Gasteiger partial charge in [-0.2, -0.15) is 0 Å². The summed E-state index contributed by atoms with van der Waals surface area (Å²) in [4.78, 5) is 16.6. The Bertz CT molecular complexity index is 280. The number of hydrogen-bond donors (Lipinski definition) is 1. The van der Waals surface area contributed by atoms with E-state index in [4.69, 9.17) is 0 Å². The average molecular weight is 304 g/mol. The average Bonchev–Trinajstić information content (AvgIpc) is 2.68. The highest BCUT2D eigenvalue weighted by Gasteiger charge is 2.24. The first-order valence-corrected chi connectivity index (χ1v) is 7.94. The Hall–Kier alpha value is -0.320. The monoisotopic (exact) mass is 303 g/mol. The molecule has 2 aliphatic rings. The molecule has 0 saturated carbocycles. The number of amides is 1. The van der Waals surface area contributed by atoms with Crippen molar-refractivity contribution in [1.82, 2.24) is 15.1 Å². The standard InChI is InChI=1S/C15H29N3O.ClH/c1-16-11-15(19)18-10-6-7-14(13-18)12-17-8-4-2-3-5-9-17;/h14,16H,2-13H2,1H3;1H. The molecule has 2 heterocycles. The third kappa shape index (κ3) is 5.58. The molecule has 1 atom stereocenters. The van der Waals surface area contributed by atoms with E-state index in [1.54, 1.807) is 0 Å². The van der Waals surface area contributed by atoms with Crippen molar-refractivity contribution in [2.75, 3.05) is 46.3 Å². The van der Waals surface area contributed by atoms with Gasteiger partial charge in [0, 0.05) is 19.6 Å². The molecule has 2 fully saturated rings. The van der Waals surface area contributed by atoms with E-state index in [9.17, 15) is 4.79 Å². The highest BCUT2D eigenvalue weighted by Crippen LogP contribution is 2.19. The van der Waals surface area contributed by atoms with Crippen molar-refractivity contribution < 1.29 is 4.79 Å². The van der Waals surface area contributed by atoms with Crippen molar-refractivity contribution in [3.63, 3.8) is 0 Å². The van der Waals surface area contributed by atoms with Crippen molar-refractivity contribution in [3.8, 4) is 0 Å². The zero-order valence-electron chi connectivity index (χ0n) is 12.8. The van der Waals surface area contributed by atoms with Crippen LogP contribution >= 0.6 is 12.4 Å². The summed E-state index contributed by atoms with van der Waals surface area (Å²) in [6, 6.07) is 0. The molecular weight excluding hydrogens is 274 g/mol. The van der Waals surface area contributed by atoms with Crippen LogP contribution in [-0.2, 0) is 4.79 Å². The van der Waals surface area contributed by atoms with Crippen molar-refractivity contribution in [1.29, 1.82) is 0 Å². The smallest absolute Gasteiger partial charge is 0.236 e. The first kappa shape index (κ1) is 17.7. The molecule has 2 aliphatic heterocycles. The predicted octanol–water partition coefficient (Wildman–Crippen LogP) is 1.74. The highest BCUT2D eigenvalue weighted by atomic mass is 35.5. The number of carbonyl (C=O) groups excluding carboxylic acids is 1. The van der Waals surface area contributed by atoms with Gasteiger partial charge in [-0.25, -0.2) is 0 Å². The van der Waals surface area contributed by atoms with Gasteiger partial charge in [-0.05, 0) is 51.7 Å². The molecule has 5 heteroatoms. The SMILES string of the molecule is CNCC(=O)N1CCCC(CN2CCCCCC2)C1.Cl. The summed E-state index contributed by atoms with van der Waals surface area (Å²) in [5, 5.41) is 2.97. The van der Waals surface area contributed by atoms with Crippen LogP contribution in [0.5, 0.6) is 0 Å². The maximum Gasteiger partial charge on any atom is 0.236 e. The molecule has 1 amide bonds. The molecule has 0 radical (unpaired) electrons. The number of nitrogens with one attached hydrogen (secondary N) is 1. The molecule has 2 rings (SSSR count). The maximum absolute atomic E-state index is 11.9. The maximum atomic E-state index is 11.9. The van der Waals surface area contributed by atoms with Gasteiger partial charge >= 0.3 is 0 Å². The quantitative estimate of drug-likeness (QED) is 0.859. The molecule has 4 nitrogen and oxygen atoms in total. The number of nitrogens with zero attached hydrogens (tertiary/aromatic N) is 2. The summed E-state index contributed by atoms with van der Waals surface area (Å²) < 4.78 is 0. The van der Waals surface area contributed by atoms with E-state index in [2.05, 4.69) is 15.1 Å². The fourth-order valence-electron chi connectivity index (χ4n) is 3.39. The summed E-state index contributed by atoms with van der Waals surface area (Å²) in [7, 11) is 1.84. The Morgan fingerprint density at radius 2 is 1.80 bits per heavy atom. The zero-order chi connectivity index (χ0) is 13.5.